The largest absolute Gasteiger partial charge is 0.503 e. The molecule has 0 radical (unpaired) electrons. The molecule has 0 spiro atoms. The fourth-order valence-corrected chi connectivity index (χ4v) is 0. The maximum Gasteiger partial charge on any atom is 0.503 e. The molecule has 29 heavy (non-hydrogen) atoms. The van der Waals surface area contributed by atoms with Crippen LogP contribution in [0.2, 0.25) is 0 Å². The zero-order chi connectivity index (χ0) is 26.0. The van der Waals surface area contributed by atoms with Crippen LogP contribution < -0.4 is 0 Å². The molecule has 23 heteroatoms. The van der Waals surface area contributed by atoms with Crippen LogP contribution >= 0.6 is 7.82 Å². The van der Waals surface area contributed by atoms with Crippen LogP contribution in [0.15, 0.2) is 0 Å². The van der Waals surface area contributed by atoms with E-state index in [0.717, 1.165) is 0 Å². The van der Waals surface area contributed by atoms with Crippen LogP contribution in [0.4, 0.5) is 28.8 Å². The van der Waals surface area contributed by atoms with Crippen molar-refractivity contribution in [3.05, 3.63) is 0 Å². The van der Waals surface area contributed by atoms with Crippen LogP contribution in [0.25, 0.3) is 0 Å². The molecule has 0 aromatic rings. The van der Waals surface area contributed by atoms with Gasteiger partial charge < -0.3 is 76.0 Å². The van der Waals surface area contributed by atoms with Crippen LogP contribution in [0.3, 0.4) is 0 Å². The molecule has 0 fully saturated rings. The van der Waals surface area contributed by atoms with Crippen molar-refractivity contribution in [2.45, 2.75) is 0 Å². The van der Waals surface area contributed by atoms with Crippen LogP contribution in [0.5, 0.6) is 0 Å². The summed E-state index contributed by atoms with van der Waals surface area (Å²) >= 11 is 0. The van der Waals surface area contributed by atoms with E-state index in [-0.39, 0.29) is 0 Å². The summed E-state index contributed by atoms with van der Waals surface area (Å²) in [4.78, 5) is 72.9. The highest BCUT2D eigenvalue weighted by molar-refractivity contribution is 7.45. The maximum atomic E-state index is 8.88. The molecule has 0 rings (SSSR count). The van der Waals surface area contributed by atoms with Gasteiger partial charge in [-0.2, -0.15) is 0 Å². The maximum absolute atomic E-state index is 8.88. The van der Waals surface area contributed by atoms with E-state index < -0.39 is 44.8 Å². The average molecular weight is 470 g/mol. The van der Waals surface area contributed by atoms with Crippen LogP contribution in [0.1, 0.15) is 0 Å². The van der Waals surface area contributed by atoms with Gasteiger partial charge in [-0.15, -0.1) is 0 Å². The Kier molecular flexibility index (Phi) is 48.1. The molecule has 15 N–H and O–H groups in total. The molecule has 0 aromatic carbocycles. The van der Waals surface area contributed by atoms with E-state index in [4.69, 9.17) is 109 Å². The van der Waals surface area contributed by atoms with Gasteiger partial charge >= 0.3 is 44.8 Å². The normalized spacial score (nSPS) is 7.00. The molecule has 0 aromatic heterocycles. The summed E-state index contributed by atoms with van der Waals surface area (Å²) in [7, 11) is -4.64. The van der Waals surface area contributed by atoms with Crippen molar-refractivity contribution >= 4 is 44.8 Å². The van der Waals surface area contributed by atoms with E-state index in [9.17, 15) is 0 Å². The lowest BCUT2D eigenvalue weighted by molar-refractivity contribution is 0.135. The third kappa shape index (κ3) is 615. The van der Waals surface area contributed by atoms with E-state index in [1.165, 1.54) is 0 Å². The minimum absolute atomic E-state index is 1.83. The van der Waals surface area contributed by atoms with Crippen LogP contribution in [0, 0.1) is 0 Å². The third-order valence-electron chi connectivity index (χ3n) is 0. The first-order chi connectivity index (χ1) is 12.4. The first-order valence-corrected chi connectivity index (χ1v) is 6.26. The van der Waals surface area contributed by atoms with Gasteiger partial charge in [0.25, 0.3) is 0 Å². The molecule has 0 heterocycles. The van der Waals surface area contributed by atoms with Crippen molar-refractivity contribution in [3.8, 4) is 0 Å². The summed E-state index contributed by atoms with van der Waals surface area (Å²) in [5.41, 5.74) is 0. The standard InChI is InChI=1S/6CH2O3.H3O4P/c6*2-1(3)4;1-5(2,3)4/h6*(H2,2,3,4);(H3,1,2,3,4). The summed E-state index contributed by atoms with van der Waals surface area (Å²) in [5.74, 6) is 0. The quantitative estimate of drug-likeness (QED) is 0.213. The zero-order valence-electron chi connectivity index (χ0n) is 13.0. The van der Waals surface area contributed by atoms with Crippen molar-refractivity contribution in [2.24, 2.45) is 0 Å². The van der Waals surface area contributed by atoms with Crippen molar-refractivity contribution in [1.82, 2.24) is 0 Å². The number of hydrogen-bond acceptors (Lipinski definition) is 7. The van der Waals surface area contributed by atoms with Crippen molar-refractivity contribution in [3.63, 3.8) is 0 Å². The Bertz CT molecular complexity index is 374. The highest BCUT2D eigenvalue weighted by Gasteiger charge is 2.00. The molecule has 0 aliphatic heterocycles. The van der Waals surface area contributed by atoms with Gasteiger partial charge in [0, 0.05) is 0 Å². The van der Waals surface area contributed by atoms with E-state index in [0.29, 0.717) is 0 Å². The lowest BCUT2D eigenvalue weighted by Crippen LogP contribution is -1.81. The van der Waals surface area contributed by atoms with E-state index in [1.807, 2.05) is 0 Å². The smallest absolute Gasteiger partial charge is 0.450 e. The van der Waals surface area contributed by atoms with Gasteiger partial charge in [-0.3, -0.25) is 0 Å². The lowest BCUT2D eigenvalue weighted by Gasteiger charge is -1.82. The molecule has 0 unspecified atom stereocenters. The molecular weight excluding hydrogens is 455 g/mol. The Labute approximate surface area is 155 Å². The fraction of sp³-hybridized carbons (Fsp3) is 0. The second-order valence-electron chi connectivity index (χ2n) is 2.21. The summed E-state index contributed by atoms with van der Waals surface area (Å²) in [6.07, 6.45) is -11.0. The minimum atomic E-state index is -4.64. The molecule has 0 aliphatic carbocycles. The van der Waals surface area contributed by atoms with Crippen molar-refractivity contribution < 1.29 is 109 Å². The molecule has 0 saturated heterocycles. The fourth-order valence-electron chi connectivity index (χ4n) is 0. The molecule has 0 atom stereocenters. The Morgan fingerprint density at radius 1 is 0.345 bits per heavy atom. The van der Waals surface area contributed by atoms with Crippen LogP contribution in [-0.4, -0.2) is 113 Å². The average Bonchev–Trinajstić information content (AvgIpc) is 2.18. The van der Waals surface area contributed by atoms with E-state index in [1.54, 1.807) is 0 Å². The van der Waals surface area contributed by atoms with Gasteiger partial charge in [0.2, 0.25) is 0 Å². The topological polar surface area (TPSA) is 423 Å². The molecule has 0 saturated carbocycles. The number of carbonyl (C=O) groups is 6. The number of carboxylic acid groups (broad SMARTS) is 12. The van der Waals surface area contributed by atoms with Gasteiger partial charge in [-0.1, -0.05) is 0 Å². The number of rotatable bonds is 0. The monoisotopic (exact) mass is 470 g/mol. The highest BCUT2D eigenvalue weighted by atomic mass is 31.2. The number of phosphoric acid groups is 1. The second kappa shape index (κ2) is 31.5. The third-order valence-corrected chi connectivity index (χ3v) is 0. The van der Waals surface area contributed by atoms with Gasteiger partial charge in [0.15, 0.2) is 0 Å². The van der Waals surface area contributed by atoms with E-state index in [2.05, 4.69) is 0 Å². The van der Waals surface area contributed by atoms with Crippen molar-refractivity contribution in [2.75, 3.05) is 0 Å². The first kappa shape index (κ1) is 44.3. The molecule has 22 nitrogen and oxygen atoms in total. The second-order valence-corrected chi connectivity index (χ2v) is 3.24. The number of hydrogen-bond donors (Lipinski definition) is 15. The Morgan fingerprint density at radius 2 is 0.345 bits per heavy atom. The molecule has 0 aliphatic rings. The first-order valence-electron chi connectivity index (χ1n) is 4.69. The summed E-state index contributed by atoms with van der Waals surface area (Å²) in [6, 6.07) is 0. The Balaban J connectivity index is -0.0000000390. The van der Waals surface area contributed by atoms with Gasteiger partial charge in [0.05, 0.1) is 0 Å². The SMILES string of the molecule is O=C(O)O.O=C(O)O.O=C(O)O.O=C(O)O.O=C(O)O.O=C(O)O.O=P(O)(O)O. The minimum Gasteiger partial charge on any atom is -0.450 e. The Morgan fingerprint density at radius 3 is 0.345 bits per heavy atom. The predicted octanol–water partition coefficient (Wildman–Crippen LogP) is 0.406. The predicted molar refractivity (Wildman–Crippen MR) is 78.2 cm³/mol. The van der Waals surface area contributed by atoms with Gasteiger partial charge in [-0.25, -0.2) is 33.3 Å². The van der Waals surface area contributed by atoms with Crippen LogP contribution in [-0.2, 0) is 4.57 Å². The highest BCUT2D eigenvalue weighted by Crippen LogP contribution is 2.25. The zero-order valence-corrected chi connectivity index (χ0v) is 13.9. The molecule has 176 valence electrons. The van der Waals surface area contributed by atoms with Crippen molar-refractivity contribution in [1.29, 1.82) is 0 Å². The van der Waals surface area contributed by atoms with Gasteiger partial charge in [-0.05, 0) is 0 Å². The van der Waals surface area contributed by atoms with E-state index >= 15 is 0 Å². The molecule has 0 amide bonds. The summed E-state index contributed by atoms with van der Waals surface area (Å²) < 4.78 is 8.88. The summed E-state index contributed by atoms with van der Waals surface area (Å²) in [6.45, 7) is 0. The molecule has 0 bridgehead atoms. The van der Waals surface area contributed by atoms with Gasteiger partial charge in [0.1, 0.15) is 0 Å². The summed E-state index contributed by atoms with van der Waals surface area (Å²) in [5, 5.41) is 83.7. The lowest BCUT2D eigenvalue weighted by atomic mass is 11.5. The Hall–Kier alpha value is -4.27. The molecular formula is C6H15O22P.